The molecule has 0 aliphatic carbocycles. The normalized spacial score (nSPS) is 15.9. The Morgan fingerprint density at radius 2 is 2.21 bits per heavy atom. The molecule has 0 spiro atoms. The van der Waals surface area contributed by atoms with Crippen LogP contribution < -0.4 is 14.2 Å². The van der Waals surface area contributed by atoms with Crippen molar-refractivity contribution in [3.63, 3.8) is 0 Å². The first-order chi connectivity index (χ1) is 9.02. The van der Waals surface area contributed by atoms with E-state index in [0.29, 0.717) is 22.8 Å². The van der Waals surface area contributed by atoms with Gasteiger partial charge in [-0.15, -0.1) is 0 Å². The molecule has 0 radical (unpaired) electrons. The summed E-state index contributed by atoms with van der Waals surface area (Å²) >= 11 is 0. The zero-order valence-corrected chi connectivity index (χ0v) is 10.8. The fourth-order valence-corrected chi connectivity index (χ4v) is 1.91. The molecular weight excluding hydrogens is 252 g/mol. The number of carboxylic acids is 1. The fraction of sp³-hybridized carbons (Fsp3) is 0.462. The third-order valence-corrected chi connectivity index (χ3v) is 3.06. The predicted molar refractivity (Wildman–Crippen MR) is 65.5 cm³/mol. The molecule has 6 nitrogen and oxygen atoms in total. The minimum Gasteiger partial charge on any atom is -0.493 e. The molecule has 0 saturated carbocycles. The number of aliphatic hydroxyl groups is 1. The van der Waals surface area contributed by atoms with Crippen molar-refractivity contribution in [3.05, 3.63) is 17.7 Å². The van der Waals surface area contributed by atoms with E-state index >= 15 is 0 Å². The molecule has 6 heteroatoms. The summed E-state index contributed by atoms with van der Waals surface area (Å²) < 4.78 is 15.7. The molecular formula is C13H16O6. The van der Waals surface area contributed by atoms with Crippen molar-refractivity contribution in [2.45, 2.75) is 19.4 Å². The second kappa shape index (κ2) is 5.36. The van der Waals surface area contributed by atoms with Gasteiger partial charge in [0, 0.05) is 0 Å². The van der Waals surface area contributed by atoms with E-state index in [-0.39, 0.29) is 13.2 Å². The number of benzene rings is 1. The molecule has 2 N–H and O–H groups in total. The van der Waals surface area contributed by atoms with Gasteiger partial charge in [0.25, 0.3) is 0 Å². The summed E-state index contributed by atoms with van der Waals surface area (Å²) in [5.41, 5.74) is 0.550. The van der Waals surface area contributed by atoms with Crippen LogP contribution in [0.1, 0.15) is 25.0 Å². The quantitative estimate of drug-likeness (QED) is 0.843. The van der Waals surface area contributed by atoms with Gasteiger partial charge in [0.2, 0.25) is 12.5 Å². The summed E-state index contributed by atoms with van der Waals surface area (Å²) in [5, 5.41) is 18.9. The monoisotopic (exact) mass is 268 g/mol. The molecule has 0 amide bonds. The third kappa shape index (κ3) is 2.73. The standard InChI is InChI=1S/C13H16O6/c1-7(13(15)16)3-9(14)8-4-10(17-2)12-11(5-8)18-6-19-12/h4-5,7,9,14H,3,6H2,1-2H3,(H,15,16). The molecule has 104 valence electrons. The topological polar surface area (TPSA) is 85.2 Å². The van der Waals surface area contributed by atoms with Crippen LogP contribution in [0.15, 0.2) is 12.1 Å². The highest BCUT2D eigenvalue weighted by Crippen LogP contribution is 2.43. The van der Waals surface area contributed by atoms with Crippen molar-refractivity contribution < 1.29 is 29.2 Å². The lowest BCUT2D eigenvalue weighted by Crippen LogP contribution is -2.13. The van der Waals surface area contributed by atoms with E-state index in [2.05, 4.69) is 0 Å². The lowest BCUT2D eigenvalue weighted by Gasteiger charge is -2.15. The smallest absolute Gasteiger partial charge is 0.306 e. The Kier molecular flexibility index (Phi) is 3.80. The van der Waals surface area contributed by atoms with Crippen LogP contribution in [0.2, 0.25) is 0 Å². The molecule has 0 saturated heterocycles. The molecule has 0 aromatic heterocycles. The first-order valence-corrected chi connectivity index (χ1v) is 5.91. The van der Waals surface area contributed by atoms with Gasteiger partial charge in [-0.25, -0.2) is 0 Å². The fourth-order valence-electron chi connectivity index (χ4n) is 1.91. The molecule has 2 atom stereocenters. The lowest BCUT2D eigenvalue weighted by atomic mass is 9.98. The maximum atomic E-state index is 10.8. The molecule has 1 heterocycles. The van der Waals surface area contributed by atoms with Crippen LogP contribution in [0, 0.1) is 5.92 Å². The van der Waals surface area contributed by atoms with Crippen LogP contribution in [0.25, 0.3) is 0 Å². The summed E-state index contributed by atoms with van der Waals surface area (Å²) in [5.74, 6) is -0.105. The highest BCUT2D eigenvalue weighted by Gasteiger charge is 2.24. The van der Waals surface area contributed by atoms with Gasteiger partial charge in [-0.05, 0) is 24.1 Å². The number of carbonyl (C=O) groups is 1. The number of aliphatic carboxylic acids is 1. The van der Waals surface area contributed by atoms with Crippen molar-refractivity contribution in [2.24, 2.45) is 5.92 Å². The van der Waals surface area contributed by atoms with Gasteiger partial charge in [-0.3, -0.25) is 4.79 Å². The highest BCUT2D eigenvalue weighted by molar-refractivity contribution is 5.69. The molecule has 2 unspecified atom stereocenters. The van der Waals surface area contributed by atoms with E-state index in [1.165, 1.54) is 7.11 Å². The van der Waals surface area contributed by atoms with Crippen molar-refractivity contribution in [3.8, 4) is 17.2 Å². The van der Waals surface area contributed by atoms with Crippen LogP contribution in [0.5, 0.6) is 17.2 Å². The summed E-state index contributed by atoms with van der Waals surface area (Å²) in [7, 11) is 1.49. The Morgan fingerprint density at radius 3 is 2.84 bits per heavy atom. The van der Waals surface area contributed by atoms with E-state index in [9.17, 15) is 9.90 Å². The molecule has 19 heavy (non-hydrogen) atoms. The number of rotatable bonds is 5. The number of hydrogen-bond acceptors (Lipinski definition) is 5. The van der Waals surface area contributed by atoms with Crippen molar-refractivity contribution in [1.29, 1.82) is 0 Å². The maximum Gasteiger partial charge on any atom is 0.306 e. The Bertz CT molecular complexity index is 484. The minimum atomic E-state index is -0.938. The van der Waals surface area contributed by atoms with Crippen molar-refractivity contribution >= 4 is 5.97 Å². The number of aliphatic hydroxyl groups excluding tert-OH is 1. The first kappa shape index (κ1) is 13.5. The molecule has 1 aromatic rings. The molecule has 1 aliphatic rings. The lowest BCUT2D eigenvalue weighted by molar-refractivity contribution is -0.142. The van der Waals surface area contributed by atoms with Gasteiger partial charge in [0.05, 0.1) is 19.1 Å². The van der Waals surface area contributed by atoms with Gasteiger partial charge in [0.1, 0.15) is 0 Å². The molecule has 1 aliphatic heterocycles. The van der Waals surface area contributed by atoms with Gasteiger partial charge < -0.3 is 24.4 Å². The molecule has 0 bridgehead atoms. The number of methoxy groups -OCH3 is 1. The van der Waals surface area contributed by atoms with E-state index < -0.39 is 18.0 Å². The van der Waals surface area contributed by atoms with E-state index in [1.807, 2.05) is 0 Å². The van der Waals surface area contributed by atoms with Gasteiger partial charge >= 0.3 is 5.97 Å². The summed E-state index contributed by atoms with van der Waals surface area (Å²) in [6.45, 7) is 1.66. The number of hydrogen-bond donors (Lipinski definition) is 2. The second-order valence-electron chi connectivity index (χ2n) is 4.45. The van der Waals surface area contributed by atoms with Crippen LogP contribution >= 0.6 is 0 Å². The summed E-state index contributed by atoms with van der Waals surface area (Å²) in [4.78, 5) is 10.8. The number of carboxylic acid groups (broad SMARTS) is 1. The van der Waals surface area contributed by atoms with E-state index in [0.717, 1.165) is 0 Å². The average molecular weight is 268 g/mol. The number of ether oxygens (including phenoxy) is 3. The molecule has 2 rings (SSSR count). The number of fused-ring (bicyclic) bond motifs is 1. The van der Waals surface area contributed by atoms with Gasteiger partial charge in [-0.1, -0.05) is 6.92 Å². The molecule has 0 fully saturated rings. The second-order valence-corrected chi connectivity index (χ2v) is 4.45. The Morgan fingerprint density at radius 1 is 1.47 bits per heavy atom. The van der Waals surface area contributed by atoms with Crippen LogP contribution in [0.4, 0.5) is 0 Å². The Hall–Kier alpha value is -1.95. The summed E-state index contributed by atoms with van der Waals surface area (Å²) in [6.07, 6.45) is -0.771. The van der Waals surface area contributed by atoms with Crippen LogP contribution in [-0.2, 0) is 4.79 Å². The minimum absolute atomic E-state index is 0.108. The highest BCUT2D eigenvalue weighted by atomic mass is 16.7. The van der Waals surface area contributed by atoms with Crippen LogP contribution in [-0.4, -0.2) is 30.1 Å². The largest absolute Gasteiger partial charge is 0.493 e. The van der Waals surface area contributed by atoms with Crippen molar-refractivity contribution in [2.75, 3.05) is 13.9 Å². The van der Waals surface area contributed by atoms with Gasteiger partial charge in [-0.2, -0.15) is 0 Å². The predicted octanol–water partition coefficient (Wildman–Crippen LogP) is 1.57. The van der Waals surface area contributed by atoms with Gasteiger partial charge in [0.15, 0.2) is 11.5 Å². The molecule has 1 aromatic carbocycles. The van der Waals surface area contributed by atoms with E-state index in [4.69, 9.17) is 19.3 Å². The Balaban J connectivity index is 2.23. The average Bonchev–Trinajstić information content (AvgIpc) is 2.85. The zero-order valence-electron chi connectivity index (χ0n) is 10.8. The zero-order chi connectivity index (χ0) is 14.0. The summed E-state index contributed by atoms with van der Waals surface area (Å²) in [6, 6.07) is 3.27. The van der Waals surface area contributed by atoms with Crippen molar-refractivity contribution in [1.82, 2.24) is 0 Å². The first-order valence-electron chi connectivity index (χ1n) is 5.91. The maximum absolute atomic E-state index is 10.8. The SMILES string of the molecule is COc1cc(C(O)CC(C)C(=O)O)cc2c1OCO2. The third-order valence-electron chi connectivity index (χ3n) is 3.06. The van der Waals surface area contributed by atoms with E-state index in [1.54, 1.807) is 19.1 Å². The van der Waals surface area contributed by atoms with Crippen LogP contribution in [0.3, 0.4) is 0 Å². The Labute approximate surface area is 110 Å².